The van der Waals surface area contributed by atoms with Crippen molar-refractivity contribution in [1.82, 2.24) is 0 Å². The van der Waals surface area contributed by atoms with Crippen molar-refractivity contribution in [2.24, 2.45) is 0 Å². The molecular weight excluding hydrogens is 316 g/mol. The molecule has 1 fully saturated rings. The van der Waals surface area contributed by atoms with Gasteiger partial charge in [0, 0.05) is 5.56 Å². The molecule has 1 aliphatic rings. The minimum atomic E-state index is 1.14. The number of hydrogen-bond acceptors (Lipinski definition) is 0. The minimum absolute atomic E-state index is 1.14. The predicted molar refractivity (Wildman–Crippen MR) is 109 cm³/mol. The van der Waals surface area contributed by atoms with E-state index in [1.807, 2.05) is 0 Å². The average molecular weight is 345 g/mol. The molecule has 0 spiro atoms. The number of benzene rings is 3. The smallest absolute Gasteiger partial charge is 0.127 e. The molecule has 0 radical (unpaired) electrons. The van der Waals surface area contributed by atoms with Gasteiger partial charge in [0.25, 0.3) is 0 Å². The van der Waals surface area contributed by atoms with Gasteiger partial charge in [0.05, 0.1) is 6.54 Å². The minimum Gasteiger partial charge on any atom is -0.322 e. The molecule has 1 saturated heterocycles. The van der Waals surface area contributed by atoms with Crippen LogP contribution < -0.4 is 9.80 Å². The van der Waals surface area contributed by atoms with Crippen LogP contribution >= 0.6 is 0 Å². The molecule has 2 N–H and O–H groups in total. The maximum atomic E-state index is 2.37. The summed E-state index contributed by atoms with van der Waals surface area (Å²) in [7, 11) is 0. The summed E-state index contributed by atoms with van der Waals surface area (Å²) in [5.41, 5.74) is 2.76. The lowest BCUT2D eigenvalue weighted by molar-refractivity contribution is -1.02. The van der Waals surface area contributed by atoms with E-state index in [9.17, 15) is 0 Å². The summed E-state index contributed by atoms with van der Waals surface area (Å²) >= 11 is 0. The second-order valence-corrected chi connectivity index (χ2v) is 7.38. The fraction of sp³-hybridized carbons (Fsp3) is 0.250. The van der Waals surface area contributed by atoms with E-state index < -0.39 is 0 Å². The first-order chi connectivity index (χ1) is 12.9. The first kappa shape index (κ1) is 17.0. The maximum Gasteiger partial charge on any atom is 0.127 e. The third kappa shape index (κ3) is 4.40. The molecule has 3 aromatic carbocycles. The Balaban J connectivity index is 1.27. The SMILES string of the molecule is C(=C\c1ccccc1)/C[NH+]1CC[NH+](Cc2ccc3ccccc3c2)CC1. The van der Waals surface area contributed by atoms with Crippen LogP contribution in [-0.4, -0.2) is 32.7 Å². The van der Waals surface area contributed by atoms with E-state index in [1.54, 1.807) is 9.80 Å². The van der Waals surface area contributed by atoms with Crippen LogP contribution in [0.25, 0.3) is 16.8 Å². The molecule has 4 rings (SSSR count). The Morgan fingerprint density at radius 3 is 2.19 bits per heavy atom. The van der Waals surface area contributed by atoms with Crippen LogP contribution in [0.15, 0.2) is 78.9 Å². The van der Waals surface area contributed by atoms with Gasteiger partial charge in [-0.15, -0.1) is 0 Å². The van der Waals surface area contributed by atoms with Gasteiger partial charge in [-0.25, -0.2) is 0 Å². The third-order valence-corrected chi connectivity index (χ3v) is 5.45. The van der Waals surface area contributed by atoms with E-state index in [0.29, 0.717) is 0 Å². The van der Waals surface area contributed by atoms with Crippen LogP contribution in [-0.2, 0) is 6.54 Å². The van der Waals surface area contributed by atoms with E-state index in [0.717, 1.165) is 13.1 Å². The van der Waals surface area contributed by atoms with E-state index in [4.69, 9.17) is 0 Å². The van der Waals surface area contributed by atoms with Crippen LogP contribution in [0.3, 0.4) is 0 Å². The topological polar surface area (TPSA) is 8.88 Å². The van der Waals surface area contributed by atoms with E-state index in [2.05, 4.69) is 84.9 Å². The van der Waals surface area contributed by atoms with Crippen molar-refractivity contribution in [2.45, 2.75) is 6.54 Å². The molecular formula is C24H28N2+2. The summed E-state index contributed by atoms with van der Waals surface area (Å²) in [6.45, 7) is 7.35. The van der Waals surface area contributed by atoms with Crippen LogP contribution in [0.1, 0.15) is 11.1 Å². The Kier molecular flexibility index (Phi) is 5.44. The largest absolute Gasteiger partial charge is 0.322 e. The number of hydrogen-bond donors (Lipinski definition) is 2. The quantitative estimate of drug-likeness (QED) is 0.699. The molecule has 0 atom stereocenters. The summed E-state index contributed by atoms with van der Waals surface area (Å²) in [6.07, 6.45) is 4.58. The number of nitrogens with one attached hydrogen (secondary N) is 2. The van der Waals surface area contributed by atoms with E-state index >= 15 is 0 Å². The summed E-state index contributed by atoms with van der Waals surface area (Å²) in [6, 6.07) is 26.2. The predicted octanol–water partition coefficient (Wildman–Crippen LogP) is 1.84. The van der Waals surface area contributed by atoms with Crippen molar-refractivity contribution < 1.29 is 9.80 Å². The lowest BCUT2D eigenvalue weighted by Gasteiger charge is -2.29. The van der Waals surface area contributed by atoms with Gasteiger partial charge >= 0.3 is 0 Å². The zero-order valence-electron chi connectivity index (χ0n) is 15.3. The normalized spacial score (nSPS) is 20.6. The molecule has 2 heteroatoms. The highest BCUT2D eigenvalue weighted by atomic mass is 15.3. The molecule has 0 bridgehead atoms. The molecule has 1 aliphatic heterocycles. The van der Waals surface area contributed by atoms with Gasteiger partial charge in [-0.2, -0.15) is 0 Å². The lowest BCUT2D eigenvalue weighted by Crippen LogP contribution is -3.27. The lowest BCUT2D eigenvalue weighted by atomic mass is 10.1. The monoisotopic (exact) mass is 344 g/mol. The number of rotatable bonds is 5. The standard InChI is InChI=1S/C24H26N2/c1-2-7-21(8-3-1)9-6-14-25-15-17-26(18-16-25)20-22-12-13-23-10-4-5-11-24(23)19-22/h1-13,19H,14-18,20H2/p+2/b9-6+. The molecule has 1 heterocycles. The van der Waals surface area contributed by atoms with Gasteiger partial charge in [0.15, 0.2) is 0 Å². The first-order valence-corrected chi connectivity index (χ1v) is 9.73. The van der Waals surface area contributed by atoms with Crippen molar-refractivity contribution in [3.63, 3.8) is 0 Å². The van der Waals surface area contributed by atoms with Crippen molar-refractivity contribution >= 4 is 16.8 Å². The Labute approximate surface area is 156 Å². The Bertz CT molecular complexity index is 862. The molecule has 0 aromatic heterocycles. The second kappa shape index (κ2) is 8.31. The molecule has 0 amide bonds. The molecule has 132 valence electrons. The van der Waals surface area contributed by atoms with Crippen LogP contribution in [0.5, 0.6) is 0 Å². The summed E-state index contributed by atoms with van der Waals surface area (Å²) < 4.78 is 0. The van der Waals surface area contributed by atoms with E-state index in [-0.39, 0.29) is 0 Å². The van der Waals surface area contributed by atoms with Gasteiger partial charge in [-0.05, 0) is 28.5 Å². The van der Waals surface area contributed by atoms with Crippen molar-refractivity contribution in [3.8, 4) is 0 Å². The zero-order chi connectivity index (χ0) is 17.6. The summed E-state index contributed by atoms with van der Waals surface area (Å²) in [4.78, 5) is 3.43. The average Bonchev–Trinajstić information content (AvgIpc) is 2.70. The number of piperazine rings is 1. The van der Waals surface area contributed by atoms with Gasteiger partial charge in [0.2, 0.25) is 0 Å². The van der Waals surface area contributed by atoms with Gasteiger partial charge in [0.1, 0.15) is 32.7 Å². The van der Waals surface area contributed by atoms with Crippen LogP contribution in [0, 0.1) is 0 Å². The Hall–Kier alpha value is -2.42. The highest BCUT2D eigenvalue weighted by Gasteiger charge is 2.22. The van der Waals surface area contributed by atoms with Crippen molar-refractivity contribution in [1.29, 1.82) is 0 Å². The van der Waals surface area contributed by atoms with Crippen LogP contribution in [0.4, 0.5) is 0 Å². The fourth-order valence-corrected chi connectivity index (χ4v) is 3.90. The first-order valence-electron chi connectivity index (χ1n) is 9.73. The molecule has 2 nitrogen and oxygen atoms in total. The van der Waals surface area contributed by atoms with Gasteiger partial charge in [-0.3, -0.25) is 0 Å². The van der Waals surface area contributed by atoms with Crippen molar-refractivity contribution in [2.75, 3.05) is 32.7 Å². The Morgan fingerprint density at radius 2 is 1.38 bits per heavy atom. The maximum absolute atomic E-state index is 2.37. The highest BCUT2D eigenvalue weighted by Crippen LogP contribution is 2.14. The molecule has 0 aliphatic carbocycles. The summed E-state index contributed by atoms with van der Waals surface area (Å²) in [5.74, 6) is 0. The van der Waals surface area contributed by atoms with Crippen molar-refractivity contribution in [3.05, 3.63) is 90.0 Å². The number of fused-ring (bicyclic) bond motifs is 1. The van der Waals surface area contributed by atoms with Crippen LogP contribution in [0.2, 0.25) is 0 Å². The highest BCUT2D eigenvalue weighted by molar-refractivity contribution is 5.82. The molecule has 3 aromatic rings. The van der Waals surface area contributed by atoms with E-state index in [1.165, 1.54) is 48.1 Å². The molecule has 26 heavy (non-hydrogen) atoms. The third-order valence-electron chi connectivity index (χ3n) is 5.45. The van der Waals surface area contributed by atoms with Gasteiger partial charge < -0.3 is 9.80 Å². The Morgan fingerprint density at radius 1 is 0.692 bits per heavy atom. The zero-order valence-corrected chi connectivity index (χ0v) is 15.3. The van der Waals surface area contributed by atoms with Gasteiger partial charge in [-0.1, -0.05) is 72.8 Å². The summed E-state index contributed by atoms with van der Waals surface area (Å²) in [5, 5.41) is 2.70. The molecule has 0 saturated carbocycles. The fourth-order valence-electron chi connectivity index (χ4n) is 3.90. The number of quaternary nitrogens is 2. The molecule has 0 unspecified atom stereocenters. The second-order valence-electron chi connectivity index (χ2n) is 7.38.